The number of thiophene rings is 1. The van der Waals surface area contributed by atoms with Crippen molar-refractivity contribution in [3.63, 3.8) is 0 Å². The van der Waals surface area contributed by atoms with E-state index in [9.17, 15) is 19.2 Å². The smallest absolute Gasteiger partial charge is 0.427 e. The van der Waals surface area contributed by atoms with Crippen molar-refractivity contribution >= 4 is 41.5 Å². The van der Waals surface area contributed by atoms with Crippen LogP contribution < -0.4 is 4.90 Å². The summed E-state index contributed by atoms with van der Waals surface area (Å²) in [5.41, 5.74) is -2.61. The number of carbonyl (C=O) groups excluding carboxylic acids is 4. The van der Waals surface area contributed by atoms with Gasteiger partial charge in [0, 0.05) is 6.20 Å². The van der Waals surface area contributed by atoms with Crippen LogP contribution in [0, 0.1) is 0 Å². The number of carbonyl (C=O) groups is 4. The number of amides is 2. The molecule has 0 aliphatic heterocycles. The van der Waals surface area contributed by atoms with Crippen molar-refractivity contribution in [2.75, 3.05) is 11.5 Å². The molecule has 2 heterocycles. The number of hydrogen-bond acceptors (Lipinski definition) is 10. The molecule has 2 aromatic rings. The van der Waals surface area contributed by atoms with Gasteiger partial charge in [-0.15, -0.1) is 16.2 Å². The SMILES string of the molecule is CCOC(=O)c1ccc(-c2cn(C(=O)OC(C)(C)C)c(N(C(=O)OC(C)(C)C)C(=O)OC(C)(C)C)n2)s1. The molecule has 0 saturated carbocycles. The first-order chi connectivity index (χ1) is 16.8. The van der Waals surface area contributed by atoms with Gasteiger partial charge >= 0.3 is 24.2 Å². The molecular weight excluding hydrogens is 502 g/mol. The van der Waals surface area contributed by atoms with Crippen LogP contribution in [0.1, 0.15) is 78.9 Å². The normalized spacial score (nSPS) is 12.1. The Morgan fingerprint density at radius 1 is 0.865 bits per heavy atom. The molecule has 0 radical (unpaired) electrons. The first-order valence-corrected chi connectivity index (χ1v) is 12.5. The molecule has 37 heavy (non-hydrogen) atoms. The lowest BCUT2D eigenvalue weighted by atomic mass is 10.2. The quantitative estimate of drug-likeness (QED) is 0.328. The molecule has 0 fully saturated rings. The minimum Gasteiger partial charge on any atom is -0.462 e. The second kappa shape index (κ2) is 10.9. The number of hydrogen-bond donors (Lipinski definition) is 0. The van der Waals surface area contributed by atoms with E-state index in [0.717, 1.165) is 15.9 Å². The van der Waals surface area contributed by atoms with Crippen molar-refractivity contribution in [3.8, 4) is 10.6 Å². The van der Waals surface area contributed by atoms with Crippen LogP contribution in [0.4, 0.5) is 20.3 Å². The summed E-state index contributed by atoms with van der Waals surface area (Å²) < 4.78 is 22.3. The maximum Gasteiger partial charge on any atom is 0.427 e. The lowest BCUT2D eigenvalue weighted by Crippen LogP contribution is -2.45. The van der Waals surface area contributed by atoms with Gasteiger partial charge in [-0.25, -0.2) is 28.7 Å². The van der Waals surface area contributed by atoms with Crippen LogP contribution in [0.2, 0.25) is 0 Å². The molecule has 12 heteroatoms. The number of ether oxygens (including phenoxy) is 4. The maximum absolute atomic E-state index is 13.2. The van der Waals surface area contributed by atoms with E-state index in [1.807, 2.05) is 0 Å². The minimum absolute atomic E-state index is 0.207. The molecule has 0 unspecified atom stereocenters. The molecule has 11 nitrogen and oxygen atoms in total. The highest BCUT2D eigenvalue weighted by Crippen LogP contribution is 2.32. The summed E-state index contributed by atoms with van der Waals surface area (Å²) >= 11 is 1.08. The third kappa shape index (κ3) is 8.59. The zero-order valence-electron chi connectivity index (χ0n) is 23.0. The number of esters is 1. The molecule has 204 valence electrons. The number of nitrogens with zero attached hydrogens (tertiary/aromatic N) is 3. The average Bonchev–Trinajstić information content (AvgIpc) is 3.31. The third-order valence-corrected chi connectivity index (χ3v) is 5.05. The highest BCUT2D eigenvalue weighted by molar-refractivity contribution is 7.17. The van der Waals surface area contributed by atoms with Crippen molar-refractivity contribution in [1.29, 1.82) is 0 Å². The van der Waals surface area contributed by atoms with Crippen molar-refractivity contribution in [2.45, 2.75) is 86.0 Å². The number of imidazole rings is 1. The second-order valence-electron chi connectivity index (χ2n) is 11.0. The zero-order chi connectivity index (χ0) is 28.3. The van der Waals surface area contributed by atoms with Gasteiger partial charge in [-0.05, 0) is 81.4 Å². The standard InChI is InChI=1S/C25H35N3O8S/c1-11-33-18(29)17-13-12-16(37-17)15-14-27(20(30)34-23(2,3)4)19(26-15)28(21(31)35-24(5,6)7)22(32)36-25(8,9)10/h12-14H,11H2,1-10H3. The van der Waals surface area contributed by atoms with Gasteiger partial charge in [0.15, 0.2) is 0 Å². The van der Waals surface area contributed by atoms with Crippen LogP contribution in [0.15, 0.2) is 18.3 Å². The Hall–Kier alpha value is -3.41. The van der Waals surface area contributed by atoms with Crippen molar-refractivity contribution in [2.24, 2.45) is 0 Å². The van der Waals surface area contributed by atoms with E-state index < -0.39 is 41.1 Å². The molecule has 2 amide bonds. The highest BCUT2D eigenvalue weighted by Gasteiger charge is 2.38. The van der Waals surface area contributed by atoms with Gasteiger partial charge < -0.3 is 18.9 Å². The second-order valence-corrected chi connectivity index (χ2v) is 12.0. The van der Waals surface area contributed by atoms with Gasteiger partial charge in [-0.3, -0.25) is 0 Å². The van der Waals surface area contributed by atoms with E-state index in [-0.39, 0.29) is 18.2 Å². The number of rotatable bonds is 4. The molecule has 0 saturated heterocycles. The topological polar surface area (TPSA) is 126 Å². The Labute approximate surface area is 220 Å². The van der Waals surface area contributed by atoms with Gasteiger partial charge in [-0.2, -0.15) is 0 Å². The molecule has 2 rings (SSSR count). The summed E-state index contributed by atoms with van der Waals surface area (Å²) in [4.78, 5) is 57.4. The molecule has 0 bridgehead atoms. The Morgan fingerprint density at radius 3 is 1.84 bits per heavy atom. The fourth-order valence-electron chi connectivity index (χ4n) is 2.73. The van der Waals surface area contributed by atoms with Gasteiger partial charge in [-0.1, -0.05) is 0 Å². The van der Waals surface area contributed by atoms with E-state index in [1.165, 1.54) is 6.20 Å². The van der Waals surface area contributed by atoms with Crippen LogP contribution >= 0.6 is 11.3 Å². The summed E-state index contributed by atoms with van der Waals surface area (Å²) in [5, 5.41) is 0. The van der Waals surface area contributed by atoms with Gasteiger partial charge in [0.25, 0.3) is 0 Å². The molecule has 2 aromatic heterocycles. The highest BCUT2D eigenvalue weighted by atomic mass is 32.1. The molecular formula is C25H35N3O8S. The van der Waals surface area contributed by atoms with Gasteiger partial charge in [0.2, 0.25) is 5.95 Å². The number of imide groups is 1. The minimum atomic E-state index is -1.10. The van der Waals surface area contributed by atoms with Crippen molar-refractivity contribution in [1.82, 2.24) is 9.55 Å². The zero-order valence-corrected chi connectivity index (χ0v) is 23.8. The monoisotopic (exact) mass is 537 g/mol. The summed E-state index contributed by atoms with van der Waals surface area (Å²) in [7, 11) is 0. The molecule has 0 aromatic carbocycles. The fourth-order valence-corrected chi connectivity index (χ4v) is 3.59. The van der Waals surface area contributed by atoms with Crippen LogP contribution in [0.3, 0.4) is 0 Å². The largest absolute Gasteiger partial charge is 0.462 e. The van der Waals surface area contributed by atoms with Crippen LogP contribution in [0.25, 0.3) is 10.6 Å². The Kier molecular flexibility index (Phi) is 8.79. The van der Waals surface area contributed by atoms with Crippen molar-refractivity contribution < 1.29 is 38.1 Å². The Balaban J connectivity index is 2.69. The van der Waals surface area contributed by atoms with Crippen LogP contribution in [0.5, 0.6) is 0 Å². The lowest BCUT2D eigenvalue weighted by molar-refractivity contribution is 0.0421. The fraction of sp³-hybridized carbons (Fsp3) is 0.560. The molecule has 0 aliphatic carbocycles. The predicted molar refractivity (Wildman–Crippen MR) is 138 cm³/mol. The third-order valence-electron chi connectivity index (χ3n) is 3.96. The summed E-state index contributed by atoms with van der Waals surface area (Å²) in [6, 6.07) is 3.18. The Bertz CT molecular complexity index is 1130. The van der Waals surface area contributed by atoms with Gasteiger partial charge in [0.1, 0.15) is 27.4 Å². The first-order valence-electron chi connectivity index (χ1n) is 11.7. The molecule has 0 atom stereocenters. The Morgan fingerprint density at radius 2 is 1.38 bits per heavy atom. The van der Waals surface area contributed by atoms with E-state index in [4.69, 9.17) is 18.9 Å². The maximum atomic E-state index is 13.2. The van der Waals surface area contributed by atoms with E-state index in [1.54, 1.807) is 81.4 Å². The first kappa shape index (κ1) is 29.8. The van der Waals surface area contributed by atoms with E-state index in [2.05, 4.69) is 4.98 Å². The van der Waals surface area contributed by atoms with Crippen LogP contribution in [-0.4, -0.2) is 57.2 Å². The van der Waals surface area contributed by atoms with E-state index >= 15 is 0 Å². The molecule has 0 aliphatic rings. The van der Waals surface area contributed by atoms with E-state index in [0.29, 0.717) is 14.7 Å². The summed E-state index contributed by atoms with van der Waals surface area (Å²) in [5.74, 6) is -0.895. The molecule has 0 spiro atoms. The lowest BCUT2D eigenvalue weighted by Gasteiger charge is -2.28. The van der Waals surface area contributed by atoms with Crippen LogP contribution in [-0.2, 0) is 18.9 Å². The summed E-state index contributed by atoms with van der Waals surface area (Å²) in [6.07, 6.45) is -1.77. The van der Waals surface area contributed by atoms with Crippen molar-refractivity contribution in [3.05, 3.63) is 23.2 Å². The number of aromatic nitrogens is 2. The number of anilines is 1. The summed E-state index contributed by atoms with van der Waals surface area (Å²) in [6.45, 7) is 16.7. The molecule has 0 N–H and O–H groups in total. The van der Waals surface area contributed by atoms with Gasteiger partial charge in [0.05, 0.1) is 11.5 Å². The average molecular weight is 538 g/mol. The predicted octanol–water partition coefficient (Wildman–Crippen LogP) is 6.25.